The zero-order chi connectivity index (χ0) is 11.0. The van der Waals surface area contributed by atoms with E-state index in [1.807, 2.05) is 0 Å². The summed E-state index contributed by atoms with van der Waals surface area (Å²) in [6.45, 7) is 0.537. The summed E-state index contributed by atoms with van der Waals surface area (Å²) in [7, 11) is 1.21. The van der Waals surface area contributed by atoms with Gasteiger partial charge in [-0.3, -0.25) is 14.3 Å². The van der Waals surface area contributed by atoms with Crippen molar-refractivity contribution in [2.75, 3.05) is 7.11 Å². The topological polar surface area (TPSA) is 81.2 Å². The molecular weight excluding hydrogens is 200 g/mol. The Labute approximate surface area is 84.5 Å². The van der Waals surface area contributed by atoms with Gasteiger partial charge in [0.1, 0.15) is 5.56 Å². The van der Waals surface area contributed by atoms with Crippen molar-refractivity contribution in [3.05, 3.63) is 32.1 Å². The summed E-state index contributed by atoms with van der Waals surface area (Å²) in [5.74, 6) is -0.693. The molecule has 2 rings (SSSR count). The Morgan fingerprint density at radius 3 is 2.87 bits per heavy atom. The summed E-state index contributed by atoms with van der Waals surface area (Å²) >= 11 is 0. The van der Waals surface area contributed by atoms with Gasteiger partial charge in [-0.15, -0.1) is 0 Å². The van der Waals surface area contributed by atoms with Crippen LogP contribution in [0.1, 0.15) is 22.5 Å². The lowest BCUT2D eigenvalue weighted by atomic mass is 10.2. The number of H-pyrrole nitrogens is 1. The van der Waals surface area contributed by atoms with Gasteiger partial charge in [-0.25, -0.2) is 9.59 Å². The van der Waals surface area contributed by atoms with Crippen LogP contribution in [0.5, 0.6) is 0 Å². The number of hydrogen-bond donors (Lipinski definition) is 1. The van der Waals surface area contributed by atoms with Gasteiger partial charge in [-0.05, 0) is 12.8 Å². The van der Waals surface area contributed by atoms with Crippen molar-refractivity contribution in [3.8, 4) is 0 Å². The second-order valence-corrected chi connectivity index (χ2v) is 3.33. The molecule has 0 spiro atoms. The van der Waals surface area contributed by atoms with Gasteiger partial charge in [-0.1, -0.05) is 0 Å². The number of rotatable bonds is 1. The van der Waals surface area contributed by atoms with E-state index in [9.17, 15) is 14.4 Å². The second-order valence-electron chi connectivity index (χ2n) is 3.33. The summed E-state index contributed by atoms with van der Waals surface area (Å²) < 4.78 is 5.92. The maximum atomic E-state index is 11.4. The lowest BCUT2D eigenvalue weighted by Gasteiger charge is -2.05. The van der Waals surface area contributed by atoms with Crippen molar-refractivity contribution in [1.82, 2.24) is 9.55 Å². The molecule has 80 valence electrons. The van der Waals surface area contributed by atoms with Gasteiger partial charge in [0.05, 0.1) is 7.11 Å². The molecular formula is C9H10N2O4. The molecule has 2 heterocycles. The van der Waals surface area contributed by atoms with Crippen molar-refractivity contribution in [2.45, 2.75) is 19.4 Å². The minimum atomic E-state index is -0.693. The standard InChI is InChI=1S/C9H10N2O4/c1-15-8(13)6-5-3-2-4-11(5)9(14)10-7(6)12/h2-4H2,1H3,(H,10,12,14). The van der Waals surface area contributed by atoms with Crippen molar-refractivity contribution in [3.63, 3.8) is 0 Å². The summed E-state index contributed by atoms with van der Waals surface area (Å²) in [5.41, 5.74) is -0.689. The highest BCUT2D eigenvalue weighted by Crippen LogP contribution is 2.13. The fraction of sp³-hybridized carbons (Fsp3) is 0.444. The first-order valence-corrected chi connectivity index (χ1v) is 4.59. The highest BCUT2D eigenvalue weighted by atomic mass is 16.5. The van der Waals surface area contributed by atoms with Crippen LogP contribution in [-0.4, -0.2) is 22.6 Å². The molecule has 0 bridgehead atoms. The highest BCUT2D eigenvalue weighted by molar-refractivity contribution is 5.90. The Hall–Kier alpha value is -1.85. The van der Waals surface area contributed by atoms with Crippen molar-refractivity contribution in [2.24, 2.45) is 0 Å². The first-order valence-electron chi connectivity index (χ1n) is 4.59. The first kappa shape index (κ1) is 9.70. The fourth-order valence-electron chi connectivity index (χ4n) is 1.83. The van der Waals surface area contributed by atoms with Crippen molar-refractivity contribution < 1.29 is 9.53 Å². The number of carbonyl (C=O) groups excluding carboxylic acids is 1. The average Bonchev–Trinajstić information content (AvgIpc) is 2.66. The Bertz CT molecular complexity index is 526. The number of nitrogens with one attached hydrogen (secondary N) is 1. The minimum absolute atomic E-state index is 0.0467. The van der Waals surface area contributed by atoms with Crippen LogP contribution >= 0.6 is 0 Å². The smallest absolute Gasteiger partial charge is 0.345 e. The number of esters is 1. The van der Waals surface area contributed by atoms with Gasteiger partial charge < -0.3 is 4.74 Å². The monoisotopic (exact) mass is 210 g/mol. The third-order valence-corrected chi connectivity index (χ3v) is 2.49. The van der Waals surface area contributed by atoms with E-state index in [2.05, 4.69) is 9.72 Å². The predicted molar refractivity (Wildman–Crippen MR) is 51.0 cm³/mol. The van der Waals surface area contributed by atoms with Gasteiger partial charge in [0, 0.05) is 12.2 Å². The number of ether oxygens (including phenoxy) is 1. The quantitative estimate of drug-likeness (QED) is 0.619. The maximum Gasteiger partial charge on any atom is 0.345 e. The fourth-order valence-corrected chi connectivity index (χ4v) is 1.83. The number of methoxy groups -OCH3 is 1. The molecule has 1 aliphatic rings. The molecule has 0 aromatic carbocycles. The lowest BCUT2D eigenvalue weighted by Crippen LogP contribution is -2.35. The maximum absolute atomic E-state index is 11.4. The molecule has 0 fully saturated rings. The summed E-state index contributed by atoms with van der Waals surface area (Å²) in [6, 6.07) is 0. The van der Waals surface area contributed by atoms with E-state index >= 15 is 0 Å². The van der Waals surface area contributed by atoms with Gasteiger partial charge in [0.2, 0.25) is 0 Å². The number of nitrogens with zero attached hydrogens (tertiary/aromatic N) is 1. The van der Waals surface area contributed by atoms with E-state index in [-0.39, 0.29) is 5.56 Å². The number of fused-ring (bicyclic) bond motifs is 1. The number of carbonyl (C=O) groups is 1. The molecule has 0 atom stereocenters. The third kappa shape index (κ3) is 1.38. The van der Waals surface area contributed by atoms with Crippen LogP contribution in [0.25, 0.3) is 0 Å². The van der Waals surface area contributed by atoms with Crippen LogP contribution in [0.2, 0.25) is 0 Å². The first-order chi connectivity index (χ1) is 7.15. The molecule has 0 unspecified atom stereocenters. The molecule has 0 saturated heterocycles. The van der Waals surface area contributed by atoms with E-state index in [1.165, 1.54) is 11.7 Å². The zero-order valence-electron chi connectivity index (χ0n) is 8.20. The van der Waals surface area contributed by atoms with Crippen molar-refractivity contribution in [1.29, 1.82) is 0 Å². The third-order valence-electron chi connectivity index (χ3n) is 2.49. The summed E-state index contributed by atoms with van der Waals surface area (Å²) in [4.78, 5) is 36.2. The Kier molecular flexibility index (Phi) is 2.18. The highest BCUT2D eigenvalue weighted by Gasteiger charge is 2.24. The van der Waals surface area contributed by atoms with Gasteiger partial charge in [0.25, 0.3) is 5.56 Å². The van der Waals surface area contributed by atoms with Crippen LogP contribution < -0.4 is 11.2 Å². The number of aromatic nitrogens is 2. The number of hydrogen-bond acceptors (Lipinski definition) is 4. The SMILES string of the molecule is COC(=O)c1c2n(c(=O)[nH]c1=O)CCC2. The molecule has 1 aliphatic heterocycles. The van der Waals surface area contributed by atoms with Gasteiger partial charge >= 0.3 is 11.7 Å². The lowest BCUT2D eigenvalue weighted by molar-refractivity contribution is 0.0596. The van der Waals surface area contributed by atoms with E-state index in [0.29, 0.717) is 18.7 Å². The Balaban J connectivity index is 2.76. The zero-order valence-corrected chi connectivity index (χ0v) is 8.20. The molecule has 6 heteroatoms. The second kappa shape index (κ2) is 3.38. The Morgan fingerprint density at radius 1 is 1.47 bits per heavy atom. The van der Waals surface area contributed by atoms with Crippen LogP contribution in [0.15, 0.2) is 9.59 Å². The van der Waals surface area contributed by atoms with Crippen LogP contribution in [0.3, 0.4) is 0 Å². The van der Waals surface area contributed by atoms with E-state index in [1.54, 1.807) is 0 Å². The molecule has 0 aliphatic carbocycles. The van der Waals surface area contributed by atoms with Crippen LogP contribution in [0.4, 0.5) is 0 Å². The molecule has 6 nitrogen and oxygen atoms in total. The molecule has 1 aromatic heterocycles. The minimum Gasteiger partial charge on any atom is -0.465 e. The van der Waals surface area contributed by atoms with Crippen molar-refractivity contribution >= 4 is 5.97 Å². The van der Waals surface area contributed by atoms with E-state index < -0.39 is 17.2 Å². The molecule has 0 saturated carbocycles. The van der Waals surface area contributed by atoms with Gasteiger partial charge in [0.15, 0.2) is 0 Å². The normalized spacial score (nSPS) is 13.7. The predicted octanol–water partition coefficient (Wildman–Crippen LogP) is -0.731. The van der Waals surface area contributed by atoms with Crippen LogP contribution in [0, 0.1) is 0 Å². The van der Waals surface area contributed by atoms with Crippen LogP contribution in [-0.2, 0) is 17.7 Å². The average molecular weight is 210 g/mol. The summed E-state index contributed by atoms with van der Waals surface area (Å²) in [6.07, 6.45) is 1.32. The van der Waals surface area contributed by atoms with E-state index in [4.69, 9.17) is 0 Å². The Morgan fingerprint density at radius 2 is 2.20 bits per heavy atom. The molecule has 1 aromatic rings. The molecule has 0 amide bonds. The molecule has 15 heavy (non-hydrogen) atoms. The number of aromatic amines is 1. The van der Waals surface area contributed by atoms with Gasteiger partial charge in [-0.2, -0.15) is 0 Å². The summed E-state index contributed by atoms with van der Waals surface area (Å²) in [5, 5.41) is 0. The molecule has 1 N–H and O–H groups in total. The van der Waals surface area contributed by atoms with E-state index in [0.717, 1.165) is 6.42 Å². The molecule has 0 radical (unpaired) electrons. The largest absolute Gasteiger partial charge is 0.465 e.